The lowest BCUT2D eigenvalue weighted by atomic mass is 9.98. The number of rotatable bonds is 5. The molecule has 1 unspecified atom stereocenters. The molecule has 0 rings (SSSR count). The molecule has 0 amide bonds. The Bertz CT molecular complexity index is 245. The average molecular weight is 191 g/mol. The molecule has 0 fully saturated rings. The van der Waals surface area contributed by atoms with Gasteiger partial charge in [0.2, 0.25) is 5.60 Å². The molecule has 7 nitrogen and oxygen atoms in total. The average Bonchev–Trinajstić information content (AvgIpc) is 2.01. The molecular formula is C6H7O7-. The zero-order chi connectivity index (χ0) is 10.6. The molecule has 13 heavy (non-hydrogen) atoms. The normalized spacial score (nSPS) is 14.3. The first-order valence-electron chi connectivity index (χ1n) is 3.01. The molecule has 0 saturated heterocycles. The molecule has 1 atom stereocenters. The van der Waals surface area contributed by atoms with Crippen molar-refractivity contribution in [1.82, 2.24) is 0 Å². The second kappa shape index (κ2) is 3.87. The van der Waals surface area contributed by atoms with E-state index in [0.717, 1.165) is 0 Å². The summed E-state index contributed by atoms with van der Waals surface area (Å²) in [5.41, 5.74) is -2.88. The van der Waals surface area contributed by atoms with Crippen molar-refractivity contribution in [3.05, 3.63) is 12.3 Å². The number of carboxylic acids is 2. The zero-order valence-corrected chi connectivity index (χ0v) is 6.39. The van der Waals surface area contributed by atoms with Crippen molar-refractivity contribution in [3.63, 3.8) is 0 Å². The molecule has 0 bridgehead atoms. The van der Waals surface area contributed by atoms with Gasteiger partial charge in [-0.15, -0.1) is 0 Å². The Morgan fingerprint density at radius 1 is 1.54 bits per heavy atom. The minimum Gasteiger partial charge on any atom is -0.550 e. The Hall–Kier alpha value is -1.60. The monoisotopic (exact) mass is 191 g/mol. The first-order valence-corrected chi connectivity index (χ1v) is 3.01. The van der Waals surface area contributed by atoms with Gasteiger partial charge in [0.25, 0.3) is 0 Å². The minimum atomic E-state index is -2.88. The van der Waals surface area contributed by atoms with Gasteiger partial charge in [-0.05, 0) is 0 Å². The molecule has 0 aliphatic carbocycles. The summed E-state index contributed by atoms with van der Waals surface area (Å²) in [4.78, 5) is 23.8. The molecule has 0 heterocycles. The lowest BCUT2D eigenvalue weighted by molar-refractivity contribution is -0.310. The van der Waals surface area contributed by atoms with E-state index < -0.39 is 29.7 Å². The third kappa shape index (κ3) is 2.42. The van der Waals surface area contributed by atoms with E-state index in [1.807, 2.05) is 0 Å². The van der Waals surface area contributed by atoms with E-state index in [1.54, 1.807) is 0 Å². The fourth-order valence-corrected chi connectivity index (χ4v) is 0.578. The van der Waals surface area contributed by atoms with Crippen LogP contribution in [0.25, 0.3) is 0 Å². The Morgan fingerprint density at radius 2 is 2.00 bits per heavy atom. The van der Waals surface area contributed by atoms with Crippen LogP contribution < -0.4 is 5.11 Å². The highest BCUT2D eigenvalue weighted by atomic mass is 17.1. The third-order valence-corrected chi connectivity index (χ3v) is 1.33. The van der Waals surface area contributed by atoms with Crippen LogP contribution in [-0.4, -0.2) is 33.0 Å². The van der Waals surface area contributed by atoms with Crippen LogP contribution >= 0.6 is 0 Å². The number of aliphatic hydroxyl groups is 1. The zero-order valence-electron chi connectivity index (χ0n) is 6.39. The lowest BCUT2D eigenvalue weighted by Crippen LogP contribution is -2.46. The number of aliphatic carboxylic acids is 2. The van der Waals surface area contributed by atoms with Crippen LogP contribution in [0.5, 0.6) is 0 Å². The third-order valence-electron chi connectivity index (χ3n) is 1.33. The molecular weight excluding hydrogens is 184 g/mol. The summed E-state index contributed by atoms with van der Waals surface area (Å²) in [5, 5.41) is 35.5. The predicted octanol–water partition coefficient (Wildman–Crippen LogP) is -2.05. The smallest absolute Gasteiger partial charge is 0.344 e. The molecule has 0 aromatic rings. The van der Waals surface area contributed by atoms with E-state index in [0.29, 0.717) is 0 Å². The highest BCUT2D eigenvalue weighted by molar-refractivity contribution is 5.85. The number of hydrogen-bond acceptors (Lipinski definition) is 6. The van der Waals surface area contributed by atoms with Crippen LogP contribution in [0.4, 0.5) is 0 Å². The molecule has 0 aromatic heterocycles. The van der Waals surface area contributed by atoms with Crippen molar-refractivity contribution in [2.45, 2.75) is 12.0 Å². The standard InChI is InChI=1S/C6H8O7/c1-3(13-12)6(11,5(9)10)2-4(7)8/h11-12H,1-2H2,(H,7,8)(H,9,10)/p-1. The Morgan fingerprint density at radius 3 is 2.23 bits per heavy atom. The summed E-state index contributed by atoms with van der Waals surface area (Å²) in [6.07, 6.45) is -1.26. The molecule has 0 saturated carbocycles. The van der Waals surface area contributed by atoms with Crippen molar-refractivity contribution in [2.75, 3.05) is 0 Å². The van der Waals surface area contributed by atoms with Crippen LogP contribution in [0.3, 0.4) is 0 Å². The van der Waals surface area contributed by atoms with Gasteiger partial charge in [0.15, 0.2) is 5.76 Å². The maximum Gasteiger partial charge on any atom is 0.344 e. The number of carboxylic acid groups (broad SMARTS) is 2. The van der Waals surface area contributed by atoms with Gasteiger partial charge in [-0.25, -0.2) is 10.1 Å². The van der Waals surface area contributed by atoms with E-state index in [9.17, 15) is 14.7 Å². The second-order valence-electron chi connectivity index (χ2n) is 2.23. The summed E-state index contributed by atoms with van der Waals surface area (Å²) in [6.45, 7) is 2.83. The van der Waals surface area contributed by atoms with Crippen molar-refractivity contribution in [2.24, 2.45) is 0 Å². The van der Waals surface area contributed by atoms with Crippen LogP contribution in [0, 0.1) is 0 Å². The lowest BCUT2D eigenvalue weighted by Gasteiger charge is -2.22. The molecule has 3 N–H and O–H groups in total. The molecule has 7 heteroatoms. The first-order chi connectivity index (χ1) is 5.84. The molecule has 0 aromatic carbocycles. The summed E-state index contributed by atoms with van der Waals surface area (Å²) in [5.74, 6) is -4.72. The van der Waals surface area contributed by atoms with E-state index >= 15 is 0 Å². The van der Waals surface area contributed by atoms with Gasteiger partial charge in [-0.3, -0.25) is 0 Å². The van der Waals surface area contributed by atoms with E-state index in [1.165, 1.54) is 0 Å². The van der Waals surface area contributed by atoms with Crippen molar-refractivity contribution in [3.8, 4) is 0 Å². The van der Waals surface area contributed by atoms with Crippen molar-refractivity contribution >= 4 is 11.9 Å². The topological polar surface area (TPSA) is 127 Å². The Labute approximate surface area is 72.4 Å². The van der Waals surface area contributed by atoms with Gasteiger partial charge in [0, 0.05) is 12.4 Å². The van der Waals surface area contributed by atoms with Crippen molar-refractivity contribution < 1.29 is 35.1 Å². The van der Waals surface area contributed by atoms with Crippen molar-refractivity contribution in [1.29, 1.82) is 0 Å². The number of carbonyl (C=O) groups is 2. The van der Waals surface area contributed by atoms with Crippen LogP contribution in [0.2, 0.25) is 0 Å². The summed E-state index contributed by atoms with van der Waals surface area (Å²) in [7, 11) is 0. The quantitative estimate of drug-likeness (QED) is 0.259. The fourth-order valence-electron chi connectivity index (χ4n) is 0.578. The van der Waals surface area contributed by atoms with Gasteiger partial charge in [-0.1, -0.05) is 6.58 Å². The van der Waals surface area contributed by atoms with Crippen LogP contribution in [-0.2, 0) is 14.5 Å². The van der Waals surface area contributed by atoms with Gasteiger partial charge in [0.05, 0.1) is 0 Å². The molecule has 0 aliphatic rings. The summed E-state index contributed by atoms with van der Waals surface area (Å²) in [6, 6.07) is 0. The Balaban J connectivity index is 4.83. The number of carbonyl (C=O) groups excluding carboxylic acids is 1. The molecule has 0 aliphatic heterocycles. The van der Waals surface area contributed by atoms with Gasteiger partial charge in [0.1, 0.15) is 0 Å². The maximum absolute atomic E-state index is 10.4. The highest BCUT2D eigenvalue weighted by Gasteiger charge is 2.41. The molecule has 0 spiro atoms. The fraction of sp³-hybridized carbons (Fsp3) is 0.333. The molecule has 0 radical (unpaired) electrons. The van der Waals surface area contributed by atoms with E-state index in [2.05, 4.69) is 11.5 Å². The predicted molar refractivity (Wildman–Crippen MR) is 35.1 cm³/mol. The van der Waals surface area contributed by atoms with Crippen LogP contribution in [0.1, 0.15) is 6.42 Å². The van der Waals surface area contributed by atoms with Gasteiger partial charge >= 0.3 is 5.97 Å². The first kappa shape index (κ1) is 11.4. The largest absolute Gasteiger partial charge is 0.550 e. The maximum atomic E-state index is 10.4. The Kier molecular flexibility index (Phi) is 3.40. The highest BCUT2D eigenvalue weighted by Crippen LogP contribution is 2.20. The van der Waals surface area contributed by atoms with E-state index in [4.69, 9.17) is 15.5 Å². The number of hydrogen-bond donors (Lipinski definition) is 3. The van der Waals surface area contributed by atoms with Gasteiger partial charge in [-0.2, -0.15) is 0 Å². The summed E-state index contributed by atoms with van der Waals surface area (Å²) < 4.78 is 0. The van der Waals surface area contributed by atoms with Crippen LogP contribution in [0.15, 0.2) is 12.3 Å². The van der Waals surface area contributed by atoms with Gasteiger partial charge < -0.3 is 25.0 Å². The molecule has 74 valence electrons. The SMILES string of the molecule is C=C(OO)C(O)(CC(=O)[O-])C(=O)O. The minimum absolute atomic E-state index is 0.996. The summed E-state index contributed by atoms with van der Waals surface area (Å²) >= 11 is 0. The second-order valence-corrected chi connectivity index (χ2v) is 2.23. The van der Waals surface area contributed by atoms with E-state index in [-0.39, 0.29) is 0 Å².